The van der Waals surface area contributed by atoms with Crippen molar-refractivity contribution in [2.75, 3.05) is 7.05 Å². The van der Waals surface area contributed by atoms with Crippen molar-refractivity contribution in [3.63, 3.8) is 0 Å². The number of sulfonamides is 1. The molecule has 1 N–H and O–H groups in total. The van der Waals surface area contributed by atoms with Crippen LogP contribution >= 0.6 is 0 Å². The number of aryl methyl sites for hydroxylation is 1. The fourth-order valence-electron chi connectivity index (χ4n) is 2.15. The lowest BCUT2D eigenvalue weighted by Crippen LogP contribution is -2.36. The molecule has 1 heterocycles. The van der Waals surface area contributed by atoms with Crippen LogP contribution in [-0.4, -0.2) is 41.5 Å². The van der Waals surface area contributed by atoms with Crippen molar-refractivity contribution in [2.24, 2.45) is 13.0 Å². The van der Waals surface area contributed by atoms with Gasteiger partial charge in [0, 0.05) is 26.3 Å². The Hall–Kier alpha value is -1.34. The van der Waals surface area contributed by atoms with Crippen LogP contribution in [0.3, 0.4) is 0 Å². The molecule has 0 spiro atoms. The minimum absolute atomic E-state index is 0.0300. The number of carboxylic acids is 1. The molecule has 0 aromatic carbocycles. The average molecular weight is 286 g/mol. The molecule has 7 heteroatoms. The molecular formula is C12H18N2O4S. The number of hydrogen-bond acceptors (Lipinski definition) is 3. The molecule has 106 valence electrons. The van der Waals surface area contributed by atoms with E-state index in [1.807, 2.05) is 6.92 Å². The van der Waals surface area contributed by atoms with Crippen LogP contribution in [0, 0.1) is 5.92 Å². The SMILES string of the molecule is C[C@H](C1CC1)N(C)S(=O)(=O)c1cc(C(=O)O)n(C)c1. The third-order valence-corrected chi connectivity index (χ3v) is 5.66. The predicted molar refractivity (Wildman–Crippen MR) is 69.5 cm³/mol. The number of aromatic nitrogens is 1. The Morgan fingerprint density at radius 3 is 2.53 bits per heavy atom. The molecule has 6 nitrogen and oxygen atoms in total. The smallest absolute Gasteiger partial charge is 0.352 e. The summed E-state index contributed by atoms with van der Waals surface area (Å²) >= 11 is 0. The third kappa shape index (κ3) is 2.52. The highest BCUT2D eigenvalue weighted by molar-refractivity contribution is 7.89. The highest BCUT2D eigenvalue weighted by Gasteiger charge is 2.36. The van der Waals surface area contributed by atoms with Crippen LogP contribution in [-0.2, 0) is 17.1 Å². The van der Waals surface area contributed by atoms with Gasteiger partial charge in [-0.2, -0.15) is 4.31 Å². The summed E-state index contributed by atoms with van der Waals surface area (Å²) in [4.78, 5) is 11.0. The Morgan fingerprint density at radius 1 is 1.53 bits per heavy atom. The van der Waals surface area contributed by atoms with Gasteiger partial charge in [0.1, 0.15) is 10.6 Å². The zero-order chi connectivity index (χ0) is 14.4. The largest absolute Gasteiger partial charge is 0.477 e. The van der Waals surface area contributed by atoms with E-state index in [-0.39, 0.29) is 16.6 Å². The van der Waals surface area contributed by atoms with E-state index in [0.717, 1.165) is 12.8 Å². The zero-order valence-corrected chi connectivity index (χ0v) is 12.0. The van der Waals surface area contributed by atoms with Gasteiger partial charge in [0.15, 0.2) is 0 Å². The van der Waals surface area contributed by atoms with E-state index in [4.69, 9.17) is 5.11 Å². The molecule has 0 bridgehead atoms. The molecule has 1 aliphatic carbocycles. The third-order valence-electron chi connectivity index (χ3n) is 3.75. The van der Waals surface area contributed by atoms with Gasteiger partial charge in [0.25, 0.3) is 0 Å². The second-order valence-electron chi connectivity index (χ2n) is 5.08. The van der Waals surface area contributed by atoms with Gasteiger partial charge in [-0.25, -0.2) is 13.2 Å². The Balaban J connectivity index is 2.33. The molecule has 1 aliphatic rings. The minimum Gasteiger partial charge on any atom is -0.477 e. The molecule has 1 fully saturated rings. The maximum Gasteiger partial charge on any atom is 0.352 e. The molecule has 1 atom stereocenters. The normalized spacial score (nSPS) is 17.7. The molecule has 0 amide bonds. The van der Waals surface area contributed by atoms with Crippen LogP contribution in [0.4, 0.5) is 0 Å². The predicted octanol–water partition coefficient (Wildman–Crippen LogP) is 1.14. The molecule has 2 rings (SSSR count). The summed E-state index contributed by atoms with van der Waals surface area (Å²) in [7, 11) is -0.561. The maximum atomic E-state index is 12.4. The van der Waals surface area contributed by atoms with Gasteiger partial charge in [-0.1, -0.05) is 0 Å². The Kier molecular flexibility index (Phi) is 3.44. The molecule has 1 aromatic rings. The van der Waals surface area contributed by atoms with Crippen molar-refractivity contribution in [1.82, 2.24) is 8.87 Å². The summed E-state index contributed by atoms with van der Waals surface area (Å²) in [6, 6.07) is 1.15. The highest BCUT2D eigenvalue weighted by atomic mass is 32.2. The van der Waals surface area contributed by atoms with Crippen molar-refractivity contribution >= 4 is 16.0 Å². The molecule has 1 aromatic heterocycles. The second kappa shape index (κ2) is 4.64. The highest BCUT2D eigenvalue weighted by Crippen LogP contribution is 2.36. The second-order valence-corrected chi connectivity index (χ2v) is 7.07. The van der Waals surface area contributed by atoms with Gasteiger partial charge in [0.05, 0.1) is 0 Å². The van der Waals surface area contributed by atoms with Crippen LogP contribution in [0.2, 0.25) is 0 Å². The standard InChI is InChI=1S/C12H18N2O4S/c1-8(9-4-5-9)14(3)19(17,18)10-6-11(12(15)16)13(2)7-10/h6-9H,4-5H2,1-3H3,(H,15,16)/t8-/m1/s1. The lowest BCUT2D eigenvalue weighted by Gasteiger charge is -2.23. The first kappa shape index (κ1) is 14.1. The van der Waals surface area contributed by atoms with E-state index < -0.39 is 16.0 Å². The van der Waals surface area contributed by atoms with Gasteiger partial charge < -0.3 is 9.67 Å². The molecule has 0 saturated heterocycles. The number of carbonyl (C=O) groups is 1. The van der Waals surface area contributed by atoms with Gasteiger partial charge in [-0.3, -0.25) is 0 Å². The van der Waals surface area contributed by atoms with Gasteiger partial charge in [0.2, 0.25) is 10.0 Å². The lowest BCUT2D eigenvalue weighted by molar-refractivity contribution is 0.0686. The van der Waals surface area contributed by atoms with Crippen molar-refractivity contribution in [1.29, 1.82) is 0 Å². The quantitative estimate of drug-likeness (QED) is 0.880. The van der Waals surface area contributed by atoms with Crippen molar-refractivity contribution in [3.8, 4) is 0 Å². The summed E-state index contributed by atoms with van der Waals surface area (Å²) < 4.78 is 27.5. The number of aromatic carboxylic acids is 1. The Bertz CT molecular complexity index is 601. The molecule has 0 unspecified atom stereocenters. The molecule has 1 saturated carbocycles. The maximum absolute atomic E-state index is 12.4. The number of carboxylic acid groups (broad SMARTS) is 1. The van der Waals surface area contributed by atoms with Crippen LogP contribution < -0.4 is 0 Å². The summed E-state index contributed by atoms with van der Waals surface area (Å²) in [5, 5.41) is 8.96. The van der Waals surface area contributed by atoms with Crippen LogP contribution in [0.15, 0.2) is 17.2 Å². The Labute approximate surface area is 112 Å². The van der Waals surface area contributed by atoms with E-state index in [1.54, 1.807) is 7.05 Å². The molecule has 0 radical (unpaired) electrons. The lowest BCUT2D eigenvalue weighted by atomic mass is 10.2. The zero-order valence-electron chi connectivity index (χ0n) is 11.2. The molecule has 0 aliphatic heterocycles. The Morgan fingerprint density at radius 2 is 2.11 bits per heavy atom. The van der Waals surface area contributed by atoms with E-state index >= 15 is 0 Å². The summed E-state index contributed by atoms with van der Waals surface area (Å²) in [6.07, 6.45) is 3.45. The first-order valence-corrected chi connectivity index (χ1v) is 7.57. The van der Waals surface area contributed by atoms with Crippen molar-refractivity contribution in [3.05, 3.63) is 18.0 Å². The average Bonchev–Trinajstić information content (AvgIpc) is 3.09. The summed E-state index contributed by atoms with van der Waals surface area (Å²) in [5.74, 6) is -0.718. The van der Waals surface area contributed by atoms with Gasteiger partial charge >= 0.3 is 5.97 Å². The first-order chi connectivity index (χ1) is 8.75. The summed E-state index contributed by atoms with van der Waals surface area (Å²) in [5.41, 5.74) is -0.0361. The van der Waals surface area contributed by atoms with Crippen LogP contribution in [0.25, 0.3) is 0 Å². The summed E-state index contributed by atoms with van der Waals surface area (Å²) in [6.45, 7) is 1.89. The van der Waals surface area contributed by atoms with Crippen LogP contribution in [0.1, 0.15) is 30.3 Å². The number of rotatable bonds is 5. The topological polar surface area (TPSA) is 79.6 Å². The number of hydrogen-bond donors (Lipinski definition) is 1. The van der Waals surface area contributed by atoms with E-state index in [1.165, 1.54) is 28.2 Å². The monoisotopic (exact) mass is 286 g/mol. The van der Waals surface area contributed by atoms with E-state index in [9.17, 15) is 13.2 Å². The van der Waals surface area contributed by atoms with Crippen molar-refractivity contribution < 1.29 is 18.3 Å². The minimum atomic E-state index is -3.63. The van der Waals surface area contributed by atoms with E-state index in [2.05, 4.69) is 0 Å². The van der Waals surface area contributed by atoms with Crippen molar-refractivity contribution in [2.45, 2.75) is 30.7 Å². The molecule has 19 heavy (non-hydrogen) atoms. The van der Waals surface area contributed by atoms with E-state index in [0.29, 0.717) is 5.92 Å². The number of nitrogens with zero attached hydrogens (tertiary/aromatic N) is 2. The fourth-order valence-corrected chi connectivity index (χ4v) is 3.64. The molecular weight excluding hydrogens is 268 g/mol. The van der Waals surface area contributed by atoms with Gasteiger partial charge in [-0.05, 0) is 31.7 Å². The first-order valence-electron chi connectivity index (χ1n) is 6.13. The van der Waals surface area contributed by atoms with Crippen LogP contribution in [0.5, 0.6) is 0 Å². The fraction of sp³-hybridized carbons (Fsp3) is 0.583. The van der Waals surface area contributed by atoms with Gasteiger partial charge in [-0.15, -0.1) is 0 Å².